The minimum Gasteiger partial charge on any atom is -0.371 e. The van der Waals surface area contributed by atoms with E-state index in [0.29, 0.717) is 24.0 Å². The first kappa shape index (κ1) is 19.8. The van der Waals surface area contributed by atoms with Crippen molar-refractivity contribution >= 4 is 38.6 Å². The Morgan fingerprint density at radius 1 is 1.24 bits per heavy atom. The first-order valence-electron chi connectivity index (χ1n) is 10.2. The average Bonchev–Trinajstić information content (AvgIpc) is 3.11. The summed E-state index contributed by atoms with van der Waals surface area (Å²) < 4.78 is 1.08. The van der Waals surface area contributed by atoms with E-state index in [1.165, 1.54) is 6.42 Å². The van der Waals surface area contributed by atoms with Crippen LogP contribution < -0.4 is 4.90 Å². The molecule has 0 aliphatic carbocycles. The van der Waals surface area contributed by atoms with E-state index in [1.54, 1.807) is 11.3 Å². The summed E-state index contributed by atoms with van der Waals surface area (Å²) in [7, 11) is 0. The number of carbonyl (C=O) groups is 1. The molecule has 1 fully saturated rings. The maximum Gasteiger partial charge on any atom is 0.185 e. The number of anilines is 1. The maximum absolute atomic E-state index is 13.1. The van der Waals surface area contributed by atoms with Gasteiger partial charge in [0.1, 0.15) is 5.69 Å². The molecule has 4 rings (SSSR count). The molecule has 29 heavy (non-hydrogen) atoms. The minimum absolute atomic E-state index is 0.0260. The van der Waals surface area contributed by atoms with Crippen molar-refractivity contribution in [1.82, 2.24) is 9.97 Å². The number of aromatic nitrogens is 2. The number of hydrogen-bond acceptors (Lipinski definition) is 5. The Morgan fingerprint density at radius 3 is 2.72 bits per heavy atom. The highest BCUT2D eigenvalue weighted by Gasteiger charge is 2.24. The van der Waals surface area contributed by atoms with Crippen LogP contribution in [0, 0.1) is 11.8 Å². The van der Waals surface area contributed by atoms with Gasteiger partial charge in [-0.05, 0) is 49.0 Å². The number of hydrogen-bond donors (Lipinski definition) is 0. The Kier molecular flexibility index (Phi) is 5.50. The molecule has 3 aromatic heterocycles. The fourth-order valence-corrected chi connectivity index (χ4v) is 5.33. The highest BCUT2D eigenvalue weighted by molar-refractivity contribution is 7.17. The zero-order valence-electron chi connectivity index (χ0n) is 17.3. The van der Waals surface area contributed by atoms with Gasteiger partial charge in [0.2, 0.25) is 0 Å². The second kappa shape index (κ2) is 8.07. The van der Waals surface area contributed by atoms with Gasteiger partial charge in [0.05, 0.1) is 10.2 Å². The Labute approximate surface area is 176 Å². The number of ketones is 1. The number of thiophene rings is 1. The van der Waals surface area contributed by atoms with Crippen molar-refractivity contribution < 1.29 is 4.79 Å². The predicted molar refractivity (Wildman–Crippen MR) is 122 cm³/mol. The van der Waals surface area contributed by atoms with Gasteiger partial charge in [-0.25, -0.2) is 4.98 Å². The molecule has 4 nitrogen and oxygen atoms in total. The third kappa shape index (κ3) is 4.10. The molecular weight excluding hydrogens is 378 g/mol. The van der Waals surface area contributed by atoms with Gasteiger partial charge in [-0.2, -0.15) is 0 Å². The fourth-order valence-electron chi connectivity index (χ4n) is 4.36. The van der Waals surface area contributed by atoms with Gasteiger partial charge < -0.3 is 4.90 Å². The second-order valence-electron chi connectivity index (χ2n) is 8.43. The van der Waals surface area contributed by atoms with Crippen molar-refractivity contribution in [2.45, 2.75) is 33.6 Å². The number of rotatable bonds is 5. The molecule has 3 aromatic rings. The topological polar surface area (TPSA) is 46.1 Å². The lowest BCUT2D eigenvalue weighted by atomic mass is 9.91. The van der Waals surface area contributed by atoms with Crippen LogP contribution in [0.15, 0.2) is 42.6 Å². The molecule has 1 saturated heterocycles. The van der Waals surface area contributed by atoms with Gasteiger partial charge in [-0.15, -0.1) is 11.3 Å². The predicted octanol–water partition coefficient (Wildman–Crippen LogP) is 5.63. The standard InChI is InChI=1S/C24H27N3OS/c1-15(2)19-14-29-23-6-5-20(26-24(19)23)22(28)10-18-11-25-8-7-21(18)27-12-16(3)9-17(4)13-27/h5-8,11,14,16-17H,1,9-10,12-13H2,2-4H3/t16-,17+. The molecule has 0 spiro atoms. The molecule has 1 aliphatic rings. The summed E-state index contributed by atoms with van der Waals surface area (Å²) in [6.45, 7) is 12.7. The number of piperidine rings is 1. The zero-order valence-corrected chi connectivity index (χ0v) is 18.1. The highest BCUT2D eigenvalue weighted by atomic mass is 32.1. The summed E-state index contributed by atoms with van der Waals surface area (Å²) in [5.74, 6) is 1.33. The van der Waals surface area contributed by atoms with E-state index >= 15 is 0 Å². The zero-order chi connectivity index (χ0) is 20.5. The molecule has 0 unspecified atom stereocenters. The van der Waals surface area contributed by atoms with Crippen LogP contribution in [0.1, 0.15) is 48.8 Å². The minimum atomic E-state index is 0.0260. The smallest absolute Gasteiger partial charge is 0.185 e. The normalized spacial score (nSPS) is 19.5. The first-order valence-corrected chi connectivity index (χ1v) is 11.1. The van der Waals surface area contributed by atoms with E-state index in [1.807, 2.05) is 37.5 Å². The van der Waals surface area contributed by atoms with Crippen LogP contribution in [0.2, 0.25) is 0 Å². The van der Waals surface area contributed by atoms with Crippen molar-refractivity contribution in [1.29, 1.82) is 0 Å². The largest absolute Gasteiger partial charge is 0.371 e. The number of pyridine rings is 2. The lowest BCUT2D eigenvalue weighted by Crippen LogP contribution is -2.39. The molecule has 0 aromatic carbocycles. The van der Waals surface area contributed by atoms with E-state index < -0.39 is 0 Å². The van der Waals surface area contributed by atoms with Crippen LogP contribution in [0.4, 0.5) is 5.69 Å². The number of allylic oxidation sites excluding steroid dienone is 1. The molecular formula is C24H27N3OS. The van der Waals surface area contributed by atoms with Crippen molar-refractivity contribution in [3.63, 3.8) is 0 Å². The SMILES string of the molecule is C=C(C)c1csc2ccc(C(=O)Cc3cnccc3N3C[C@H](C)C[C@H](C)C3)nc12. The summed E-state index contributed by atoms with van der Waals surface area (Å²) in [5.41, 5.74) is 5.48. The van der Waals surface area contributed by atoms with E-state index in [-0.39, 0.29) is 5.78 Å². The van der Waals surface area contributed by atoms with E-state index in [4.69, 9.17) is 0 Å². The molecule has 0 radical (unpaired) electrons. The van der Waals surface area contributed by atoms with Crippen LogP contribution in [0.5, 0.6) is 0 Å². The molecule has 1 aliphatic heterocycles. The van der Waals surface area contributed by atoms with Crippen LogP contribution in [0.3, 0.4) is 0 Å². The highest BCUT2D eigenvalue weighted by Crippen LogP contribution is 2.31. The van der Waals surface area contributed by atoms with Gasteiger partial charge in [0.25, 0.3) is 0 Å². The van der Waals surface area contributed by atoms with Crippen molar-refractivity contribution in [3.05, 3.63) is 59.4 Å². The van der Waals surface area contributed by atoms with Crippen LogP contribution in [-0.4, -0.2) is 28.8 Å². The first-order chi connectivity index (χ1) is 13.9. The number of nitrogens with zero attached hydrogens (tertiary/aromatic N) is 3. The summed E-state index contributed by atoms with van der Waals surface area (Å²) >= 11 is 1.64. The van der Waals surface area contributed by atoms with Crippen LogP contribution in [-0.2, 0) is 6.42 Å². The molecule has 2 atom stereocenters. The third-order valence-corrected chi connectivity index (χ3v) is 6.54. The van der Waals surface area contributed by atoms with Gasteiger partial charge in [0, 0.05) is 54.1 Å². The van der Waals surface area contributed by atoms with Gasteiger partial charge in [0.15, 0.2) is 5.78 Å². The van der Waals surface area contributed by atoms with E-state index in [9.17, 15) is 4.79 Å². The lowest BCUT2D eigenvalue weighted by Gasteiger charge is -2.37. The molecule has 0 amide bonds. The molecule has 150 valence electrons. The van der Waals surface area contributed by atoms with Gasteiger partial charge in [-0.3, -0.25) is 9.78 Å². The summed E-state index contributed by atoms with van der Waals surface area (Å²) in [4.78, 5) is 24.5. The maximum atomic E-state index is 13.1. The molecule has 0 N–H and O–H groups in total. The molecule has 4 heterocycles. The Hall–Kier alpha value is -2.53. The monoisotopic (exact) mass is 405 g/mol. The molecule has 0 bridgehead atoms. The van der Waals surface area contributed by atoms with E-state index in [2.05, 4.69) is 40.7 Å². The average molecular weight is 406 g/mol. The van der Waals surface area contributed by atoms with Gasteiger partial charge >= 0.3 is 0 Å². The van der Waals surface area contributed by atoms with Crippen molar-refractivity contribution in [2.75, 3.05) is 18.0 Å². The summed E-state index contributed by atoms with van der Waals surface area (Å²) in [6.07, 6.45) is 5.22. The quantitative estimate of drug-likeness (QED) is 0.516. The third-order valence-electron chi connectivity index (χ3n) is 5.60. The van der Waals surface area contributed by atoms with Crippen LogP contribution >= 0.6 is 11.3 Å². The second-order valence-corrected chi connectivity index (χ2v) is 9.34. The fraction of sp³-hybridized carbons (Fsp3) is 0.375. The Balaban J connectivity index is 1.61. The summed E-state index contributed by atoms with van der Waals surface area (Å²) in [6, 6.07) is 5.87. The van der Waals surface area contributed by atoms with Crippen molar-refractivity contribution in [2.24, 2.45) is 11.8 Å². The molecule has 0 saturated carbocycles. The number of Topliss-reactive ketones (excluding diaryl/α,β-unsaturated/α-hetero) is 1. The Morgan fingerprint density at radius 2 is 2.00 bits per heavy atom. The lowest BCUT2D eigenvalue weighted by molar-refractivity contribution is 0.0988. The van der Waals surface area contributed by atoms with Gasteiger partial charge in [-0.1, -0.05) is 20.4 Å². The number of fused-ring (bicyclic) bond motifs is 1. The number of carbonyl (C=O) groups excluding carboxylic acids is 1. The molecule has 5 heteroatoms. The Bertz CT molecular complexity index is 1060. The van der Waals surface area contributed by atoms with Crippen molar-refractivity contribution in [3.8, 4) is 0 Å². The summed E-state index contributed by atoms with van der Waals surface area (Å²) in [5, 5.41) is 2.06. The van der Waals surface area contributed by atoms with Crippen LogP contribution in [0.25, 0.3) is 15.8 Å². The van der Waals surface area contributed by atoms with E-state index in [0.717, 1.165) is 45.7 Å².